The van der Waals surface area contributed by atoms with E-state index in [1.165, 1.54) is 4.90 Å². The molecule has 0 aliphatic carbocycles. The van der Waals surface area contributed by atoms with Crippen LogP contribution in [0.15, 0.2) is 54.6 Å². The summed E-state index contributed by atoms with van der Waals surface area (Å²) in [5.41, 5.74) is 7.69. The molecule has 0 bridgehead atoms. The predicted octanol–water partition coefficient (Wildman–Crippen LogP) is 4.02. The van der Waals surface area contributed by atoms with E-state index in [1.807, 2.05) is 30.3 Å². The molecule has 0 spiro atoms. The van der Waals surface area contributed by atoms with Crippen LogP contribution in [0.3, 0.4) is 0 Å². The maximum Gasteiger partial charge on any atom is 0.410 e. The van der Waals surface area contributed by atoms with Crippen LogP contribution in [0.4, 0.5) is 4.79 Å². The molecule has 200 valence electrons. The van der Waals surface area contributed by atoms with Gasteiger partial charge in [-0.1, -0.05) is 54.6 Å². The Morgan fingerprint density at radius 2 is 1.73 bits per heavy atom. The monoisotopic (exact) mass is 530 g/mol. The Balaban J connectivity index is 1.75. The fourth-order valence-electron chi connectivity index (χ4n) is 4.18. The second kappa shape index (κ2) is 13.4. The van der Waals surface area contributed by atoms with E-state index in [2.05, 4.69) is 5.32 Å². The van der Waals surface area contributed by atoms with Gasteiger partial charge in [-0.25, -0.2) is 4.79 Å². The molecule has 11 heteroatoms. The van der Waals surface area contributed by atoms with E-state index in [0.29, 0.717) is 24.9 Å². The number of amides is 2. The molecule has 4 N–H and O–H groups in total. The van der Waals surface area contributed by atoms with E-state index in [4.69, 9.17) is 24.9 Å². The van der Waals surface area contributed by atoms with Gasteiger partial charge in [0.2, 0.25) is 5.91 Å². The average molecular weight is 531 g/mol. The topological polar surface area (TPSA) is 144 Å². The number of carbonyl (C=O) groups is 2. The summed E-state index contributed by atoms with van der Waals surface area (Å²) in [5.74, 6) is -1.49. The van der Waals surface area contributed by atoms with Crippen LogP contribution in [0, 0.1) is 5.41 Å². The van der Waals surface area contributed by atoms with Gasteiger partial charge in [-0.15, -0.1) is 0 Å². The summed E-state index contributed by atoms with van der Waals surface area (Å²) in [5, 5.41) is 10.4. The fraction of sp³-hybridized carbons (Fsp3) is 0.423. The number of amidine groups is 1. The van der Waals surface area contributed by atoms with Crippen molar-refractivity contribution in [1.29, 1.82) is 5.41 Å². The third-order valence-electron chi connectivity index (χ3n) is 6.00. The molecule has 1 aliphatic heterocycles. The normalized spacial score (nSPS) is 16.3. The Hall–Kier alpha value is -3.20. The van der Waals surface area contributed by atoms with Crippen molar-refractivity contribution in [1.82, 2.24) is 10.2 Å². The van der Waals surface area contributed by atoms with Gasteiger partial charge in [0.15, 0.2) is 0 Å². The molecule has 10 nitrogen and oxygen atoms in total. The van der Waals surface area contributed by atoms with Crippen molar-refractivity contribution >= 4 is 25.4 Å². The first-order valence-corrected chi connectivity index (χ1v) is 14.0. The Labute approximate surface area is 217 Å². The number of likely N-dealkylation sites (tertiary alicyclic amines) is 1. The molecule has 2 aromatic rings. The van der Waals surface area contributed by atoms with Crippen molar-refractivity contribution in [2.75, 3.05) is 19.8 Å². The highest BCUT2D eigenvalue weighted by Crippen LogP contribution is 2.53. The maximum atomic E-state index is 13.7. The SMILES string of the molecule is CCOP(=O)(OCC)C(Cc1ccc(C(=N)N)cc1)NC(=O)[C@@H]1CCCN1C(=O)OCc1ccccc1. The van der Waals surface area contributed by atoms with Crippen molar-refractivity contribution in [3.8, 4) is 0 Å². The molecule has 1 aliphatic rings. The van der Waals surface area contributed by atoms with Crippen LogP contribution >= 0.6 is 7.60 Å². The van der Waals surface area contributed by atoms with E-state index in [1.54, 1.807) is 38.1 Å². The number of hydrogen-bond acceptors (Lipinski definition) is 7. The molecule has 1 saturated heterocycles. The van der Waals surface area contributed by atoms with E-state index in [9.17, 15) is 14.2 Å². The van der Waals surface area contributed by atoms with Crippen LogP contribution < -0.4 is 11.1 Å². The van der Waals surface area contributed by atoms with Gasteiger partial charge in [-0.05, 0) is 37.8 Å². The van der Waals surface area contributed by atoms with Crippen molar-refractivity contribution in [3.05, 3.63) is 71.3 Å². The summed E-state index contributed by atoms with van der Waals surface area (Å²) in [7, 11) is -3.75. The van der Waals surface area contributed by atoms with Crippen LogP contribution in [0.5, 0.6) is 0 Å². The number of hydrogen-bond donors (Lipinski definition) is 3. The van der Waals surface area contributed by atoms with Gasteiger partial charge in [0.25, 0.3) is 0 Å². The number of nitrogens with two attached hydrogens (primary N) is 1. The molecule has 0 radical (unpaired) electrons. The molecule has 2 amide bonds. The zero-order valence-electron chi connectivity index (χ0n) is 21.2. The number of nitrogens with one attached hydrogen (secondary N) is 2. The van der Waals surface area contributed by atoms with Crippen LogP contribution in [0.1, 0.15) is 43.4 Å². The molecule has 0 saturated carbocycles. The quantitative estimate of drug-likeness (QED) is 0.214. The number of nitrogen functional groups attached to an aromatic ring is 1. The Kier molecular flexibility index (Phi) is 10.3. The highest BCUT2D eigenvalue weighted by Gasteiger charge is 2.41. The minimum Gasteiger partial charge on any atom is -0.445 e. The van der Waals surface area contributed by atoms with Gasteiger partial charge in [0.05, 0.1) is 13.2 Å². The van der Waals surface area contributed by atoms with Gasteiger partial charge in [0.1, 0.15) is 24.3 Å². The number of benzene rings is 2. The Morgan fingerprint density at radius 1 is 1.08 bits per heavy atom. The summed E-state index contributed by atoms with van der Waals surface area (Å²) < 4.78 is 30.2. The van der Waals surface area contributed by atoms with Gasteiger partial charge in [0, 0.05) is 18.5 Å². The first-order chi connectivity index (χ1) is 17.8. The molecule has 2 atom stereocenters. The van der Waals surface area contributed by atoms with Crippen molar-refractivity contribution < 1.29 is 27.9 Å². The average Bonchev–Trinajstić information content (AvgIpc) is 3.38. The Morgan fingerprint density at radius 3 is 2.32 bits per heavy atom. The first-order valence-electron chi connectivity index (χ1n) is 12.4. The van der Waals surface area contributed by atoms with Crippen LogP contribution in [0.2, 0.25) is 0 Å². The fourth-order valence-corrected chi connectivity index (χ4v) is 6.06. The second-order valence-electron chi connectivity index (χ2n) is 8.61. The Bertz CT molecular complexity index is 1100. The number of carbonyl (C=O) groups excluding carboxylic acids is 2. The van der Waals surface area contributed by atoms with Gasteiger partial charge in [-0.2, -0.15) is 0 Å². The van der Waals surface area contributed by atoms with Gasteiger partial charge < -0.3 is 24.8 Å². The zero-order valence-corrected chi connectivity index (χ0v) is 22.1. The highest BCUT2D eigenvalue weighted by molar-refractivity contribution is 7.54. The summed E-state index contributed by atoms with van der Waals surface area (Å²) in [6.07, 6.45) is 0.687. The molecule has 2 aromatic carbocycles. The summed E-state index contributed by atoms with van der Waals surface area (Å²) in [6.45, 7) is 4.16. The van der Waals surface area contributed by atoms with Crippen molar-refractivity contribution in [3.63, 3.8) is 0 Å². The number of ether oxygens (including phenoxy) is 1. The van der Waals surface area contributed by atoms with Crippen LogP contribution in [0.25, 0.3) is 0 Å². The molecule has 37 heavy (non-hydrogen) atoms. The molecular formula is C26H35N4O6P. The van der Waals surface area contributed by atoms with Crippen LogP contribution in [-0.2, 0) is 36.2 Å². The van der Waals surface area contributed by atoms with E-state index in [0.717, 1.165) is 11.1 Å². The third kappa shape index (κ3) is 7.64. The molecule has 1 fully saturated rings. The first kappa shape index (κ1) is 28.4. The van der Waals surface area contributed by atoms with Crippen molar-refractivity contribution in [2.45, 2.75) is 51.5 Å². The summed E-state index contributed by atoms with van der Waals surface area (Å²) in [6, 6.07) is 15.4. The van der Waals surface area contributed by atoms with E-state index in [-0.39, 0.29) is 32.1 Å². The lowest BCUT2D eigenvalue weighted by molar-refractivity contribution is -0.125. The van der Waals surface area contributed by atoms with Crippen molar-refractivity contribution in [2.24, 2.45) is 5.73 Å². The lowest BCUT2D eigenvalue weighted by Gasteiger charge is -2.30. The number of nitrogens with zero attached hydrogens (tertiary/aromatic N) is 1. The summed E-state index contributed by atoms with van der Waals surface area (Å²) >= 11 is 0. The zero-order chi connectivity index (χ0) is 26.8. The van der Waals surface area contributed by atoms with Crippen LogP contribution in [-0.4, -0.2) is 54.3 Å². The van der Waals surface area contributed by atoms with Gasteiger partial charge in [-0.3, -0.25) is 19.7 Å². The van der Waals surface area contributed by atoms with Gasteiger partial charge >= 0.3 is 13.7 Å². The molecule has 1 heterocycles. The van der Waals surface area contributed by atoms with E-state index >= 15 is 0 Å². The summed E-state index contributed by atoms with van der Waals surface area (Å²) in [4.78, 5) is 27.6. The molecule has 0 aromatic heterocycles. The molecule has 1 unspecified atom stereocenters. The highest BCUT2D eigenvalue weighted by atomic mass is 31.2. The standard InChI is InChI=1S/C26H35N4O6P/c1-3-35-37(33,36-4-2)23(17-19-12-14-21(15-13-19)24(27)28)29-25(31)22-11-8-16-30(22)26(32)34-18-20-9-6-5-7-10-20/h5-7,9-10,12-15,22-23H,3-4,8,11,16-18H2,1-2H3,(H3,27,28)(H,29,31)/t22-,23?/m0/s1. The second-order valence-corrected chi connectivity index (χ2v) is 10.8. The predicted molar refractivity (Wildman–Crippen MR) is 140 cm³/mol. The molecule has 3 rings (SSSR count). The lowest BCUT2D eigenvalue weighted by atomic mass is 10.1. The third-order valence-corrected chi connectivity index (χ3v) is 8.31. The smallest absolute Gasteiger partial charge is 0.410 e. The minimum atomic E-state index is -3.75. The largest absolute Gasteiger partial charge is 0.445 e. The maximum absolute atomic E-state index is 13.7. The molecular weight excluding hydrogens is 495 g/mol. The van der Waals surface area contributed by atoms with E-state index < -0.39 is 31.4 Å². The lowest BCUT2D eigenvalue weighted by Crippen LogP contribution is -2.49. The number of rotatable bonds is 12. The minimum absolute atomic E-state index is 0.0637.